The molecular weight excluding hydrogens is 282 g/mol. The molecule has 1 aliphatic rings. The second-order valence-electron chi connectivity index (χ2n) is 4.74. The Bertz CT molecular complexity index is 336. The molecule has 1 nitrogen and oxygen atoms in total. The average Bonchev–Trinajstić information content (AvgIpc) is 2.83. The first-order valence-electron chi connectivity index (χ1n) is 6.20. The standard InChI is InChI=1S/C13H20BrNS/c1-3-7-15-12-5-4-10(9(12)2)13-11(14)6-8-16-13/h6,8-10,12,15H,3-5,7H2,1-2H3. The van der Waals surface area contributed by atoms with E-state index in [0.717, 1.165) is 24.4 Å². The molecule has 1 N–H and O–H groups in total. The van der Waals surface area contributed by atoms with Crippen LogP contribution in [0, 0.1) is 5.92 Å². The molecule has 90 valence electrons. The molecular formula is C13H20BrNS. The van der Waals surface area contributed by atoms with E-state index in [2.05, 4.69) is 46.5 Å². The maximum Gasteiger partial charge on any atom is 0.0317 e. The van der Waals surface area contributed by atoms with E-state index < -0.39 is 0 Å². The molecule has 0 aromatic carbocycles. The summed E-state index contributed by atoms with van der Waals surface area (Å²) in [4.78, 5) is 1.55. The summed E-state index contributed by atoms with van der Waals surface area (Å²) >= 11 is 5.57. The monoisotopic (exact) mass is 301 g/mol. The van der Waals surface area contributed by atoms with Crippen LogP contribution in [0.4, 0.5) is 0 Å². The van der Waals surface area contributed by atoms with Crippen molar-refractivity contribution in [3.8, 4) is 0 Å². The van der Waals surface area contributed by atoms with Crippen molar-refractivity contribution in [3.05, 3.63) is 20.8 Å². The predicted octanol–water partition coefficient (Wildman–Crippen LogP) is 4.39. The van der Waals surface area contributed by atoms with E-state index in [1.807, 2.05) is 11.3 Å². The van der Waals surface area contributed by atoms with Gasteiger partial charge in [-0.15, -0.1) is 11.3 Å². The highest BCUT2D eigenvalue weighted by atomic mass is 79.9. The van der Waals surface area contributed by atoms with Gasteiger partial charge < -0.3 is 5.32 Å². The molecule has 0 radical (unpaired) electrons. The molecule has 0 aliphatic heterocycles. The van der Waals surface area contributed by atoms with Crippen LogP contribution >= 0.6 is 27.3 Å². The van der Waals surface area contributed by atoms with Gasteiger partial charge in [0.1, 0.15) is 0 Å². The first kappa shape index (κ1) is 12.6. The molecule has 0 amide bonds. The van der Waals surface area contributed by atoms with Crippen molar-refractivity contribution < 1.29 is 0 Å². The molecule has 3 unspecified atom stereocenters. The van der Waals surface area contributed by atoms with Crippen molar-refractivity contribution in [2.75, 3.05) is 6.54 Å². The maximum atomic E-state index is 3.68. The Morgan fingerprint density at radius 1 is 1.50 bits per heavy atom. The third-order valence-electron chi connectivity index (χ3n) is 3.70. The van der Waals surface area contributed by atoms with E-state index in [4.69, 9.17) is 0 Å². The highest BCUT2D eigenvalue weighted by Crippen LogP contribution is 2.44. The highest BCUT2D eigenvalue weighted by Gasteiger charge is 2.34. The topological polar surface area (TPSA) is 12.0 Å². The van der Waals surface area contributed by atoms with Gasteiger partial charge in [0.2, 0.25) is 0 Å². The Balaban J connectivity index is 2.02. The van der Waals surface area contributed by atoms with Gasteiger partial charge in [0, 0.05) is 15.4 Å². The van der Waals surface area contributed by atoms with E-state index >= 15 is 0 Å². The van der Waals surface area contributed by atoms with E-state index in [9.17, 15) is 0 Å². The van der Waals surface area contributed by atoms with Crippen LogP contribution in [-0.4, -0.2) is 12.6 Å². The fourth-order valence-corrected chi connectivity index (χ4v) is 4.64. The Kier molecular flexibility index (Phi) is 4.45. The minimum absolute atomic E-state index is 0.721. The highest BCUT2D eigenvalue weighted by molar-refractivity contribution is 9.10. The average molecular weight is 302 g/mol. The van der Waals surface area contributed by atoms with Crippen LogP contribution in [0.2, 0.25) is 0 Å². The molecule has 2 rings (SSSR count). The summed E-state index contributed by atoms with van der Waals surface area (Å²) < 4.78 is 1.31. The van der Waals surface area contributed by atoms with Crippen molar-refractivity contribution >= 4 is 27.3 Å². The van der Waals surface area contributed by atoms with E-state index in [-0.39, 0.29) is 0 Å². The summed E-state index contributed by atoms with van der Waals surface area (Å²) in [5.74, 6) is 1.52. The Morgan fingerprint density at radius 2 is 2.31 bits per heavy atom. The summed E-state index contributed by atoms with van der Waals surface area (Å²) in [5, 5.41) is 5.88. The van der Waals surface area contributed by atoms with Crippen molar-refractivity contribution in [3.63, 3.8) is 0 Å². The first-order valence-corrected chi connectivity index (χ1v) is 7.87. The number of nitrogens with one attached hydrogen (secondary N) is 1. The first-order chi connectivity index (χ1) is 7.74. The van der Waals surface area contributed by atoms with Gasteiger partial charge >= 0.3 is 0 Å². The Hall–Kier alpha value is 0.140. The molecule has 16 heavy (non-hydrogen) atoms. The lowest BCUT2D eigenvalue weighted by atomic mass is 9.94. The van der Waals surface area contributed by atoms with Gasteiger partial charge in [0.15, 0.2) is 0 Å². The maximum absolute atomic E-state index is 3.68. The quantitative estimate of drug-likeness (QED) is 0.869. The molecule has 0 spiro atoms. The zero-order valence-electron chi connectivity index (χ0n) is 10.0. The molecule has 0 saturated heterocycles. The molecule has 1 aromatic heterocycles. The van der Waals surface area contributed by atoms with Gasteiger partial charge in [-0.1, -0.05) is 13.8 Å². The number of halogens is 1. The zero-order valence-corrected chi connectivity index (χ0v) is 12.4. The lowest BCUT2D eigenvalue weighted by Crippen LogP contribution is -2.32. The van der Waals surface area contributed by atoms with Crippen LogP contribution in [0.3, 0.4) is 0 Å². The zero-order chi connectivity index (χ0) is 11.5. The third-order valence-corrected chi connectivity index (χ3v) is 5.70. The summed E-state index contributed by atoms with van der Waals surface area (Å²) in [7, 11) is 0. The number of rotatable bonds is 4. The molecule has 3 atom stereocenters. The lowest BCUT2D eigenvalue weighted by molar-refractivity contribution is 0.406. The van der Waals surface area contributed by atoms with Crippen LogP contribution in [-0.2, 0) is 0 Å². The molecule has 1 aliphatic carbocycles. The third kappa shape index (κ3) is 2.52. The summed E-state index contributed by atoms with van der Waals surface area (Å²) in [6.45, 7) is 5.80. The number of hydrogen-bond donors (Lipinski definition) is 1. The number of thiophene rings is 1. The summed E-state index contributed by atoms with van der Waals surface area (Å²) in [5.41, 5.74) is 0. The van der Waals surface area contributed by atoms with E-state index in [1.54, 1.807) is 4.88 Å². The number of hydrogen-bond acceptors (Lipinski definition) is 2. The van der Waals surface area contributed by atoms with E-state index in [1.165, 1.54) is 23.7 Å². The summed E-state index contributed by atoms with van der Waals surface area (Å²) in [6.07, 6.45) is 3.90. The van der Waals surface area contributed by atoms with Gasteiger partial charge in [0.05, 0.1) is 0 Å². The molecule has 1 fully saturated rings. The second-order valence-corrected chi connectivity index (χ2v) is 6.54. The van der Waals surface area contributed by atoms with Crippen molar-refractivity contribution in [1.29, 1.82) is 0 Å². The minimum Gasteiger partial charge on any atom is -0.314 e. The molecule has 0 bridgehead atoms. The molecule has 1 aromatic rings. The fourth-order valence-electron chi connectivity index (χ4n) is 2.72. The van der Waals surface area contributed by atoms with Crippen molar-refractivity contribution in [2.45, 2.75) is 45.1 Å². The van der Waals surface area contributed by atoms with Crippen molar-refractivity contribution in [2.24, 2.45) is 5.92 Å². The van der Waals surface area contributed by atoms with Gasteiger partial charge in [-0.05, 0) is 65.0 Å². The molecule has 3 heteroatoms. The summed E-state index contributed by atoms with van der Waals surface area (Å²) in [6, 6.07) is 2.90. The Labute approximate surface area is 111 Å². The minimum atomic E-state index is 0.721. The van der Waals surface area contributed by atoms with Crippen LogP contribution in [0.1, 0.15) is 43.9 Å². The van der Waals surface area contributed by atoms with Crippen LogP contribution in [0.5, 0.6) is 0 Å². The molecule has 1 saturated carbocycles. The molecule has 1 heterocycles. The smallest absolute Gasteiger partial charge is 0.0317 e. The van der Waals surface area contributed by atoms with Crippen LogP contribution in [0.15, 0.2) is 15.9 Å². The van der Waals surface area contributed by atoms with Gasteiger partial charge in [-0.25, -0.2) is 0 Å². The lowest BCUT2D eigenvalue weighted by Gasteiger charge is -2.21. The fraction of sp³-hybridized carbons (Fsp3) is 0.692. The normalized spacial score (nSPS) is 29.8. The SMILES string of the molecule is CCCNC1CCC(c2sccc2Br)C1C. The second kappa shape index (κ2) is 5.65. The van der Waals surface area contributed by atoms with Gasteiger partial charge in [-0.2, -0.15) is 0 Å². The Morgan fingerprint density at radius 3 is 2.94 bits per heavy atom. The van der Waals surface area contributed by atoms with Crippen molar-refractivity contribution in [1.82, 2.24) is 5.32 Å². The van der Waals surface area contributed by atoms with Gasteiger partial charge in [-0.3, -0.25) is 0 Å². The van der Waals surface area contributed by atoms with Gasteiger partial charge in [0.25, 0.3) is 0 Å². The van der Waals surface area contributed by atoms with E-state index in [0.29, 0.717) is 0 Å². The van der Waals surface area contributed by atoms with Crippen LogP contribution < -0.4 is 5.32 Å². The predicted molar refractivity (Wildman–Crippen MR) is 75.2 cm³/mol. The van der Waals surface area contributed by atoms with Crippen LogP contribution in [0.25, 0.3) is 0 Å². The largest absolute Gasteiger partial charge is 0.314 e.